The predicted molar refractivity (Wildman–Crippen MR) is 116 cm³/mol. The Balaban J connectivity index is 1.86. The lowest BCUT2D eigenvalue weighted by Crippen LogP contribution is -2.49. The summed E-state index contributed by atoms with van der Waals surface area (Å²) < 4.78 is 27.9. The molecule has 1 aliphatic rings. The van der Waals surface area contributed by atoms with Gasteiger partial charge in [-0.3, -0.25) is 9.15 Å². The van der Waals surface area contributed by atoms with Crippen molar-refractivity contribution in [2.24, 2.45) is 7.05 Å². The Morgan fingerprint density at radius 2 is 1.97 bits per heavy atom. The molecule has 1 aromatic carbocycles. The topological polar surface area (TPSA) is 114 Å². The number of benzene rings is 1. The summed E-state index contributed by atoms with van der Waals surface area (Å²) in [5.41, 5.74) is 0.286. The van der Waals surface area contributed by atoms with E-state index in [-0.39, 0.29) is 34.0 Å². The van der Waals surface area contributed by atoms with Gasteiger partial charge in [-0.15, -0.1) is 0 Å². The summed E-state index contributed by atoms with van der Waals surface area (Å²) in [5, 5.41) is 19.2. The van der Waals surface area contributed by atoms with Crippen LogP contribution in [-0.2, 0) is 17.3 Å². The van der Waals surface area contributed by atoms with E-state index < -0.39 is 20.7 Å². The van der Waals surface area contributed by atoms with Crippen molar-refractivity contribution in [1.82, 2.24) is 19.1 Å². The highest BCUT2D eigenvalue weighted by Crippen LogP contribution is 2.26. The van der Waals surface area contributed by atoms with Gasteiger partial charge in [0.15, 0.2) is 0 Å². The number of nitrogens with one attached hydrogen (secondary N) is 1. The van der Waals surface area contributed by atoms with Crippen LogP contribution in [0.5, 0.6) is 0 Å². The molecule has 3 rings (SSSR count). The maximum absolute atomic E-state index is 13.1. The van der Waals surface area contributed by atoms with Gasteiger partial charge in [0.05, 0.1) is 18.4 Å². The molecule has 164 valence electrons. The molecule has 0 spiro atoms. The molecule has 1 aromatic heterocycles. The van der Waals surface area contributed by atoms with Crippen molar-refractivity contribution in [1.29, 1.82) is 0 Å². The number of aromatic nitrogens is 2. The third-order valence-electron chi connectivity index (χ3n) is 4.80. The van der Waals surface area contributed by atoms with E-state index in [1.165, 1.54) is 35.3 Å². The first-order valence-electron chi connectivity index (χ1n) is 9.04. The summed E-state index contributed by atoms with van der Waals surface area (Å²) >= 11 is 11.8. The van der Waals surface area contributed by atoms with Crippen molar-refractivity contribution < 1.29 is 13.2 Å². The van der Waals surface area contributed by atoms with Crippen LogP contribution in [0.25, 0.3) is 0 Å². The van der Waals surface area contributed by atoms with E-state index >= 15 is 0 Å². The number of hydroxylamine groups is 1. The Labute approximate surface area is 184 Å². The molecular formula is C17H21Cl2N6O4S-. The molecule has 13 heteroatoms. The highest BCUT2D eigenvalue weighted by Gasteiger charge is 2.33. The number of halogens is 2. The largest absolute Gasteiger partial charge is 0.740 e. The summed E-state index contributed by atoms with van der Waals surface area (Å²) in [7, 11) is -1.23. The molecule has 0 unspecified atom stereocenters. The molecule has 0 saturated carbocycles. The summed E-state index contributed by atoms with van der Waals surface area (Å²) in [4.78, 5) is 14.4. The lowest BCUT2D eigenvalue weighted by atomic mass is 10.2. The molecule has 1 saturated heterocycles. The Morgan fingerprint density at radius 1 is 1.30 bits per heavy atom. The number of carbonyl (C=O) groups excluding carboxylic acids is 1. The number of rotatable bonds is 6. The van der Waals surface area contributed by atoms with Crippen LogP contribution < -0.4 is 9.62 Å². The van der Waals surface area contributed by atoms with Crippen molar-refractivity contribution in [3.8, 4) is 0 Å². The third-order valence-corrected chi connectivity index (χ3v) is 6.73. The monoisotopic (exact) mass is 475 g/mol. The molecule has 1 aliphatic heterocycles. The van der Waals surface area contributed by atoms with Crippen LogP contribution in [-0.4, -0.2) is 59.8 Å². The molecule has 0 aliphatic carbocycles. The number of nitrogens with zero attached hydrogens (tertiary/aromatic N) is 5. The molecule has 1 N–H and O–H groups in total. The van der Waals surface area contributed by atoms with Crippen molar-refractivity contribution in [2.75, 3.05) is 29.8 Å². The average Bonchev–Trinajstić information content (AvgIpc) is 3.25. The first-order chi connectivity index (χ1) is 14.1. The number of anilines is 2. The lowest BCUT2D eigenvalue weighted by Gasteiger charge is -2.36. The maximum atomic E-state index is 13.1. The molecular weight excluding hydrogens is 455 g/mol. The number of carbonyl (C=O) groups is 1. The molecule has 30 heavy (non-hydrogen) atoms. The van der Waals surface area contributed by atoms with Gasteiger partial charge in [-0.05, 0) is 44.6 Å². The number of amides is 2. The van der Waals surface area contributed by atoms with Crippen LogP contribution >= 0.6 is 23.2 Å². The second-order valence-corrected chi connectivity index (χ2v) is 9.54. The summed E-state index contributed by atoms with van der Waals surface area (Å²) in [6.07, 6.45) is 4.48. The van der Waals surface area contributed by atoms with Crippen LogP contribution in [0, 0.1) is 5.21 Å². The normalized spacial score (nSPS) is 17.2. The summed E-state index contributed by atoms with van der Waals surface area (Å²) in [6.45, 7) is 0.836. The van der Waals surface area contributed by atoms with Crippen LogP contribution in [0.2, 0.25) is 10.0 Å². The molecule has 1 fully saturated rings. The quantitative estimate of drug-likeness (QED) is 0.642. The third kappa shape index (κ3) is 4.98. The van der Waals surface area contributed by atoms with Crippen molar-refractivity contribution in [3.05, 3.63) is 45.8 Å². The number of urea groups is 1. The summed E-state index contributed by atoms with van der Waals surface area (Å²) in [6, 6.07) is 2.65. The Morgan fingerprint density at radius 3 is 2.50 bits per heavy atom. The standard InChI is InChI=1S/C17H21Cl2N6O4S/c1-22-5-3-4-15(22)11-24(16-9-20-23(2)10-16)30(28,29)25(27)17(26)21-14-7-12(18)6-13(19)8-14/h6-10,15H,3-5,11H2,1-2H3,(H,21,26)/q-1/t15-/m0/s1. The second kappa shape index (κ2) is 8.98. The number of aryl methyl sites for hydroxylation is 1. The van der Waals surface area contributed by atoms with E-state index in [2.05, 4.69) is 10.4 Å². The van der Waals surface area contributed by atoms with Crippen LogP contribution in [0.1, 0.15) is 12.8 Å². The Hall–Kier alpha value is -2.05. The zero-order chi connectivity index (χ0) is 22.1. The maximum Gasteiger partial charge on any atom is 0.326 e. The van der Waals surface area contributed by atoms with E-state index in [0.717, 1.165) is 23.7 Å². The van der Waals surface area contributed by atoms with Gasteiger partial charge in [0.1, 0.15) is 0 Å². The fourth-order valence-electron chi connectivity index (χ4n) is 3.26. The highest BCUT2D eigenvalue weighted by atomic mass is 35.5. The molecule has 10 nitrogen and oxygen atoms in total. The SMILES string of the molecule is CN1CCC[C@H]1CN(c1cnn(C)c1)S(=O)(=O)N([O-])C(=O)Nc1cc(Cl)cc(Cl)c1. The minimum Gasteiger partial charge on any atom is -0.740 e. The van der Waals surface area contributed by atoms with E-state index in [9.17, 15) is 18.4 Å². The average molecular weight is 476 g/mol. The van der Waals surface area contributed by atoms with Gasteiger partial charge in [0, 0.05) is 35.0 Å². The molecule has 2 amide bonds. The first-order valence-corrected chi connectivity index (χ1v) is 11.2. The van der Waals surface area contributed by atoms with Gasteiger partial charge in [0.25, 0.3) is 0 Å². The zero-order valence-corrected chi connectivity index (χ0v) is 18.7. The van der Waals surface area contributed by atoms with Crippen LogP contribution in [0.15, 0.2) is 30.6 Å². The lowest BCUT2D eigenvalue weighted by molar-refractivity contribution is 0.243. The molecule has 2 heterocycles. The minimum atomic E-state index is -4.74. The molecule has 1 atom stereocenters. The number of hydrogen-bond donors (Lipinski definition) is 1. The van der Waals surface area contributed by atoms with Gasteiger partial charge in [-0.1, -0.05) is 23.2 Å². The minimum absolute atomic E-state index is 0.0134. The Kier molecular flexibility index (Phi) is 6.78. The fraction of sp³-hybridized carbons (Fsp3) is 0.412. The van der Waals surface area contributed by atoms with Gasteiger partial charge in [-0.25, -0.2) is 9.10 Å². The molecule has 0 bridgehead atoms. The van der Waals surface area contributed by atoms with Crippen LogP contribution in [0.4, 0.5) is 16.2 Å². The Bertz CT molecular complexity index is 1010. The van der Waals surface area contributed by atoms with E-state index in [1.807, 2.05) is 11.9 Å². The van der Waals surface area contributed by atoms with Gasteiger partial charge in [0.2, 0.25) is 0 Å². The first kappa shape index (κ1) is 22.6. The molecule has 2 aromatic rings. The van der Waals surface area contributed by atoms with Crippen LogP contribution in [0.3, 0.4) is 0 Å². The number of likely N-dealkylation sites (N-methyl/N-ethyl adjacent to an activating group) is 1. The highest BCUT2D eigenvalue weighted by molar-refractivity contribution is 7.91. The van der Waals surface area contributed by atoms with Gasteiger partial charge in [-0.2, -0.15) is 13.5 Å². The zero-order valence-electron chi connectivity index (χ0n) is 16.3. The second-order valence-electron chi connectivity index (χ2n) is 7.00. The van der Waals surface area contributed by atoms with Gasteiger partial charge >= 0.3 is 16.2 Å². The number of likely N-dealkylation sites (tertiary alicyclic amines) is 1. The van der Waals surface area contributed by atoms with E-state index in [0.29, 0.717) is 0 Å². The predicted octanol–water partition coefficient (Wildman–Crippen LogP) is 2.90. The fourth-order valence-corrected chi connectivity index (χ4v) is 4.94. The van der Waals surface area contributed by atoms with Gasteiger partial charge < -0.3 is 15.4 Å². The van der Waals surface area contributed by atoms with E-state index in [4.69, 9.17) is 23.2 Å². The van der Waals surface area contributed by atoms with Crippen molar-refractivity contribution >= 4 is 50.8 Å². The summed E-state index contributed by atoms with van der Waals surface area (Å²) in [5.74, 6) is 0. The molecule has 0 radical (unpaired) electrons. The van der Waals surface area contributed by atoms with Crippen molar-refractivity contribution in [2.45, 2.75) is 18.9 Å². The van der Waals surface area contributed by atoms with E-state index in [1.54, 1.807) is 7.05 Å². The van der Waals surface area contributed by atoms with Crippen molar-refractivity contribution in [3.63, 3.8) is 0 Å². The number of hydrogen-bond acceptors (Lipinski definition) is 6. The smallest absolute Gasteiger partial charge is 0.326 e.